The number of hydrogen-bond acceptors (Lipinski definition) is 4. The van der Waals surface area contributed by atoms with Gasteiger partial charge in [-0.25, -0.2) is 4.98 Å². The van der Waals surface area contributed by atoms with Crippen molar-refractivity contribution >= 4 is 11.9 Å². The largest absolute Gasteiger partial charge is 0.481 e. The van der Waals surface area contributed by atoms with E-state index in [1.165, 1.54) is 24.3 Å². The average Bonchev–Trinajstić information content (AvgIpc) is 3.41. The Morgan fingerprint density at radius 2 is 1.81 bits per heavy atom. The van der Waals surface area contributed by atoms with Crippen molar-refractivity contribution in [1.82, 2.24) is 10.3 Å². The number of halogens is 3. The summed E-state index contributed by atoms with van der Waals surface area (Å²) in [4.78, 5) is 26.8. The lowest BCUT2D eigenvalue weighted by Gasteiger charge is -2.11. The summed E-state index contributed by atoms with van der Waals surface area (Å²) in [5.41, 5.74) is -1.42. The van der Waals surface area contributed by atoms with Crippen LogP contribution >= 0.6 is 0 Å². The fourth-order valence-corrected chi connectivity index (χ4v) is 2.37. The van der Waals surface area contributed by atoms with Gasteiger partial charge in [0.05, 0.1) is 11.0 Å². The molecule has 1 aromatic carbocycles. The number of pyridine rings is 1. The summed E-state index contributed by atoms with van der Waals surface area (Å²) in [6, 6.07) is 7.84. The van der Waals surface area contributed by atoms with Crippen molar-refractivity contribution in [2.45, 2.75) is 19.0 Å². The second kappa shape index (κ2) is 6.90. The molecule has 1 aromatic heterocycles. The smallest absolute Gasteiger partial charge is 0.417 e. The van der Waals surface area contributed by atoms with Gasteiger partial charge in [-0.05, 0) is 43.2 Å². The van der Waals surface area contributed by atoms with Gasteiger partial charge in [-0.15, -0.1) is 0 Å². The number of carboxylic acids is 1. The average molecular weight is 380 g/mol. The lowest BCUT2D eigenvalue weighted by Crippen LogP contribution is -2.34. The van der Waals surface area contributed by atoms with Crippen LogP contribution < -0.4 is 10.1 Å². The number of aliphatic carboxylic acids is 1. The van der Waals surface area contributed by atoms with Crippen molar-refractivity contribution in [2.75, 3.05) is 6.54 Å². The Kier molecular flexibility index (Phi) is 4.77. The Hall–Kier alpha value is -3.10. The van der Waals surface area contributed by atoms with Gasteiger partial charge in [0.25, 0.3) is 5.91 Å². The van der Waals surface area contributed by atoms with Crippen molar-refractivity contribution < 1.29 is 32.6 Å². The molecular formula is C18H15F3N2O4. The minimum absolute atomic E-state index is 0.0164. The molecule has 0 spiro atoms. The maximum atomic E-state index is 12.5. The quantitative estimate of drug-likeness (QED) is 0.801. The molecule has 27 heavy (non-hydrogen) atoms. The van der Waals surface area contributed by atoms with Gasteiger partial charge in [0.1, 0.15) is 5.75 Å². The Morgan fingerprint density at radius 1 is 1.15 bits per heavy atom. The molecule has 1 fully saturated rings. The topological polar surface area (TPSA) is 88.5 Å². The molecule has 1 saturated carbocycles. The second-order valence-electron chi connectivity index (χ2n) is 6.28. The summed E-state index contributed by atoms with van der Waals surface area (Å²) in [5, 5.41) is 11.7. The lowest BCUT2D eigenvalue weighted by molar-refractivity contribution is -0.143. The molecule has 1 heterocycles. The fourth-order valence-electron chi connectivity index (χ4n) is 2.37. The number of carbonyl (C=O) groups is 2. The SMILES string of the molecule is O=C(NCC1(C(=O)O)CC1)c1ccc(Oc2ccc(C(F)(F)F)cn2)cc1. The number of alkyl halides is 3. The third kappa shape index (κ3) is 4.36. The number of nitrogens with one attached hydrogen (secondary N) is 1. The van der Waals surface area contributed by atoms with Crippen molar-refractivity contribution in [2.24, 2.45) is 5.41 Å². The molecule has 2 aromatic rings. The predicted octanol–water partition coefficient (Wildman–Crippen LogP) is 3.49. The first-order chi connectivity index (χ1) is 12.7. The number of rotatable bonds is 6. The molecule has 1 aliphatic rings. The monoisotopic (exact) mass is 380 g/mol. The van der Waals surface area contributed by atoms with Gasteiger partial charge < -0.3 is 15.2 Å². The number of aromatic nitrogens is 1. The summed E-state index contributed by atoms with van der Waals surface area (Å²) >= 11 is 0. The van der Waals surface area contributed by atoms with E-state index in [9.17, 15) is 22.8 Å². The van der Waals surface area contributed by atoms with E-state index in [-0.39, 0.29) is 12.4 Å². The Labute approximate surface area is 152 Å². The second-order valence-corrected chi connectivity index (χ2v) is 6.28. The summed E-state index contributed by atoms with van der Waals surface area (Å²) < 4.78 is 42.8. The van der Waals surface area contributed by atoms with E-state index in [0.29, 0.717) is 30.4 Å². The van der Waals surface area contributed by atoms with Gasteiger partial charge in [0.15, 0.2) is 0 Å². The molecule has 0 saturated heterocycles. The van der Waals surface area contributed by atoms with E-state index in [1.54, 1.807) is 0 Å². The molecule has 6 nitrogen and oxygen atoms in total. The number of hydrogen-bond donors (Lipinski definition) is 2. The van der Waals surface area contributed by atoms with Crippen LogP contribution in [-0.2, 0) is 11.0 Å². The van der Waals surface area contributed by atoms with Crippen LogP contribution in [-0.4, -0.2) is 28.5 Å². The van der Waals surface area contributed by atoms with E-state index in [4.69, 9.17) is 9.84 Å². The minimum atomic E-state index is -4.47. The fraction of sp³-hybridized carbons (Fsp3) is 0.278. The number of carbonyl (C=O) groups excluding carboxylic acids is 1. The van der Waals surface area contributed by atoms with Crippen LogP contribution in [0.25, 0.3) is 0 Å². The van der Waals surface area contributed by atoms with Gasteiger partial charge >= 0.3 is 12.1 Å². The molecule has 1 amide bonds. The normalized spacial score (nSPS) is 15.1. The molecule has 0 bridgehead atoms. The summed E-state index contributed by atoms with van der Waals surface area (Å²) in [5.74, 6) is -1.06. The third-order valence-corrected chi connectivity index (χ3v) is 4.30. The highest BCUT2D eigenvalue weighted by Gasteiger charge is 2.50. The van der Waals surface area contributed by atoms with Crippen LogP contribution in [0.2, 0.25) is 0 Å². The van der Waals surface area contributed by atoms with Crippen LogP contribution in [0.3, 0.4) is 0 Å². The Bertz CT molecular complexity index is 844. The van der Waals surface area contributed by atoms with E-state index in [2.05, 4.69) is 10.3 Å². The van der Waals surface area contributed by atoms with Crippen LogP contribution in [0.5, 0.6) is 11.6 Å². The minimum Gasteiger partial charge on any atom is -0.481 e. The first-order valence-corrected chi connectivity index (χ1v) is 8.02. The van der Waals surface area contributed by atoms with Gasteiger partial charge in [0, 0.05) is 24.4 Å². The maximum absolute atomic E-state index is 12.5. The summed E-state index contributed by atoms with van der Waals surface area (Å²) in [6.45, 7) is 0.0644. The number of nitrogens with zero attached hydrogens (tertiary/aromatic N) is 1. The van der Waals surface area contributed by atoms with Crippen LogP contribution in [0, 0.1) is 5.41 Å². The molecule has 1 aliphatic carbocycles. The van der Waals surface area contributed by atoms with Crippen LogP contribution in [0.1, 0.15) is 28.8 Å². The van der Waals surface area contributed by atoms with E-state index >= 15 is 0 Å². The number of carboxylic acid groups (broad SMARTS) is 1. The van der Waals surface area contributed by atoms with E-state index in [1.807, 2.05) is 0 Å². The summed E-state index contributed by atoms with van der Waals surface area (Å²) in [7, 11) is 0. The zero-order valence-corrected chi connectivity index (χ0v) is 13.9. The lowest BCUT2D eigenvalue weighted by atomic mass is 10.1. The molecule has 0 aliphatic heterocycles. The molecule has 0 unspecified atom stereocenters. The highest BCUT2D eigenvalue weighted by atomic mass is 19.4. The molecule has 0 radical (unpaired) electrons. The number of amides is 1. The van der Waals surface area contributed by atoms with Crippen molar-refractivity contribution in [3.05, 3.63) is 53.7 Å². The van der Waals surface area contributed by atoms with Gasteiger partial charge in [0.2, 0.25) is 5.88 Å². The van der Waals surface area contributed by atoms with E-state index < -0.39 is 29.0 Å². The van der Waals surface area contributed by atoms with E-state index in [0.717, 1.165) is 12.1 Å². The molecule has 2 N–H and O–H groups in total. The Balaban J connectivity index is 1.58. The Morgan fingerprint density at radius 3 is 2.30 bits per heavy atom. The van der Waals surface area contributed by atoms with Gasteiger partial charge in [-0.1, -0.05) is 0 Å². The maximum Gasteiger partial charge on any atom is 0.417 e. The number of benzene rings is 1. The first-order valence-electron chi connectivity index (χ1n) is 8.02. The first kappa shape index (κ1) is 18.7. The van der Waals surface area contributed by atoms with Crippen LogP contribution in [0.4, 0.5) is 13.2 Å². The number of ether oxygens (including phenoxy) is 1. The van der Waals surface area contributed by atoms with Gasteiger partial charge in [-0.3, -0.25) is 9.59 Å². The summed E-state index contributed by atoms with van der Waals surface area (Å²) in [6.07, 6.45) is -2.72. The molecule has 0 atom stereocenters. The predicted molar refractivity (Wildman–Crippen MR) is 87.4 cm³/mol. The molecule has 3 rings (SSSR count). The zero-order valence-electron chi connectivity index (χ0n) is 13.9. The highest BCUT2D eigenvalue weighted by molar-refractivity contribution is 5.94. The van der Waals surface area contributed by atoms with Crippen molar-refractivity contribution in [1.29, 1.82) is 0 Å². The van der Waals surface area contributed by atoms with Crippen molar-refractivity contribution in [3.63, 3.8) is 0 Å². The molecule has 142 valence electrons. The van der Waals surface area contributed by atoms with Gasteiger partial charge in [-0.2, -0.15) is 13.2 Å². The highest BCUT2D eigenvalue weighted by Crippen LogP contribution is 2.45. The molecule has 9 heteroatoms. The standard InChI is InChI=1S/C18H15F3N2O4/c19-18(20,21)12-3-6-14(22-9-12)27-13-4-1-11(2-5-13)15(24)23-10-17(7-8-17)16(25)26/h1-6,9H,7-8,10H2,(H,23,24)(H,25,26). The molecular weight excluding hydrogens is 365 g/mol. The van der Waals surface area contributed by atoms with Crippen LogP contribution in [0.15, 0.2) is 42.6 Å². The zero-order chi connectivity index (χ0) is 19.7. The third-order valence-electron chi connectivity index (χ3n) is 4.30. The van der Waals surface area contributed by atoms with Crippen molar-refractivity contribution in [3.8, 4) is 11.6 Å².